The van der Waals surface area contributed by atoms with Crippen LogP contribution in [0, 0.1) is 0 Å². The molecular weight excluding hydrogens is 414 g/mol. The third-order valence-corrected chi connectivity index (χ3v) is 5.84. The second-order valence-corrected chi connectivity index (χ2v) is 9.19. The summed E-state index contributed by atoms with van der Waals surface area (Å²) < 4.78 is 1.20. The Morgan fingerprint density at radius 1 is 0.393 bits per heavy atom. The highest BCUT2D eigenvalue weighted by atomic mass is 79.9. The van der Waals surface area contributed by atoms with E-state index in [0.717, 1.165) is 12.8 Å². The first kappa shape index (κ1) is 30.6. The number of nitrogens with zero attached hydrogens (tertiary/aromatic N) is 1. The Bertz CT molecular complexity index is 262. The van der Waals surface area contributed by atoms with Crippen LogP contribution in [-0.2, 0) is 0 Å². The molecule has 0 rings (SSSR count). The highest BCUT2D eigenvalue weighted by Crippen LogP contribution is 2.13. The molecule has 0 spiro atoms. The van der Waals surface area contributed by atoms with Crippen molar-refractivity contribution in [2.24, 2.45) is 0 Å². The zero-order chi connectivity index (χ0) is 20.1. The highest BCUT2D eigenvalue weighted by Gasteiger charge is 2.13. The third-order valence-electron chi connectivity index (χ3n) is 5.84. The molecule has 0 bridgehead atoms. The van der Waals surface area contributed by atoms with E-state index in [4.69, 9.17) is 10.2 Å². The van der Waals surface area contributed by atoms with E-state index in [-0.39, 0.29) is 17.0 Å². The molecule has 0 aromatic carbocycles. The molecule has 0 amide bonds. The largest absolute Gasteiger partial charge is 1.00 e. The van der Waals surface area contributed by atoms with Crippen LogP contribution < -0.4 is 17.0 Å². The molecule has 0 saturated carbocycles. The van der Waals surface area contributed by atoms with E-state index in [1.165, 1.54) is 120 Å². The topological polar surface area (TPSA) is 40.5 Å². The van der Waals surface area contributed by atoms with Crippen LogP contribution >= 0.6 is 0 Å². The standard InChI is InChI=1S/C24H52NO2.BrH/c1-25(2,21-17-13-9-5-3-7-11-15-19-23-26)22-18-14-10-6-4-8-12-16-20-24-27;/h26-27H,3-24H2,1-2H3;1H/q+1;/p-1. The monoisotopic (exact) mass is 465 g/mol. The zero-order valence-electron chi connectivity index (χ0n) is 19.3. The van der Waals surface area contributed by atoms with Gasteiger partial charge >= 0.3 is 0 Å². The maximum Gasteiger partial charge on any atom is 0.0782 e. The first-order valence-electron chi connectivity index (χ1n) is 12.2. The van der Waals surface area contributed by atoms with E-state index in [1.54, 1.807) is 0 Å². The molecule has 4 heteroatoms. The highest BCUT2D eigenvalue weighted by molar-refractivity contribution is 4.50. The second kappa shape index (κ2) is 23.6. The van der Waals surface area contributed by atoms with Crippen molar-refractivity contribution in [3.05, 3.63) is 0 Å². The summed E-state index contributed by atoms with van der Waals surface area (Å²) in [6, 6.07) is 0. The normalized spacial score (nSPS) is 11.6. The SMILES string of the molecule is C[N+](C)(CCCCCCCCCCCO)CCCCCCCCCCCO.[Br-]. The third kappa shape index (κ3) is 24.4. The van der Waals surface area contributed by atoms with Gasteiger partial charge in [0.1, 0.15) is 0 Å². The molecule has 0 aromatic rings. The minimum atomic E-state index is 0. The molecule has 0 aliphatic heterocycles. The van der Waals surface area contributed by atoms with Crippen molar-refractivity contribution in [2.75, 3.05) is 40.4 Å². The Morgan fingerprint density at radius 3 is 0.857 bits per heavy atom. The van der Waals surface area contributed by atoms with Gasteiger partial charge in [-0.1, -0.05) is 77.0 Å². The van der Waals surface area contributed by atoms with Gasteiger partial charge in [0.05, 0.1) is 27.2 Å². The first-order chi connectivity index (χ1) is 13.1. The van der Waals surface area contributed by atoms with Crippen LogP contribution in [-0.4, -0.2) is 55.1 Å². The number of aliphatic hydroxyl groups excluding tert-OH is 2. The van der Waals surface area contributed by atoms with Crippen LogP contribution in [0.15, 0.2) is 0 Å². The van der Waals surface area contributed by atoms with Gasteiger partial charge < -0.3 is 31.7 Å². The quantitative estimate of drug-likeness (QED) is 0.190. The summed E-state index contributed by atoms with van der Waals surface area (Å²) in [4.78, 5) is 0. The van der Waals surface area contributed by atoms with Crippen LogP contribution in [0.3, 0.4) is 0 Å². The number of hydrogen-bond acceptors (Lipinski definition) is 2. The van der Waals surface area contributed by atoms with E-state index in [2.05, 4.69) is 14.1 Å². The number of rotatable bonds is 22. The van der Waals surface area contributed by atoms with Crippen molar-refractivity contribution < 1.29 is 31.7 Å². The fraction of sp³-hybridized carbons (Fsp3) is 1.00. The van der Waals surface area contributed by atoms with Crippen molar-refractivity contribution in [3.63, 3.8) is 0 Å². The molecule has 0 aromatic heterocycles. The Kier molecular flexibility index (Phi) is 25.8. The van der Waals surface area contributed by atoms with Crippen molar-refractivity contribution in [1.29, 1.82) is 0 Å². The number of halogens is 1. The lowest BCUT2D eigenvalue weighted by Crippen LogP contribution is -3.00. The van der Waals surface area contributed by atoms with Crippen molar-refractivity contribution >= 4 is 0 Å². The van der Waals surface area contributed by atoms with E-state index in [9.17, 15) is 0 Å². The minimum Gasteiger partial charge on any atom is -1.00 e. The number of quaternary nitrogens is 1. The summed E-state index contributed by atoms with van der Waals surface area (Å²) in [6.07, 6.45) is 23.6. The molecule has 0 atom stereocenters. The molecule has 28 heavy (non-hydrogen) atoms. The molecule has 0 unspecified atom stereocenters. The minimum absolute atomic E-state index is 0. The lowest BCUT2D eigenvalue weighted by atomic mass is 10.1. The molecular formula is C24H52BrNO2. The summed E-state index contributed by atoms with van der Waals surface area (Å²) in [5.74, 6) is 0. The van der Waals surface area contributed by atoms with Crippen LogP contribution in [0.4, 0.5) is 0 Å². The lowest BCUT2D eigenvalue weighted by molar-refractivity contribution is -0.890. The molecule has 172 valence electrons. The van der Waals surface area contributed by atoms with Gasteiger partial charge in [-0.2, -0.15) is 0 Å². The Hall–Kier alpha value is 0.360. The molecule has 2 N–H and O–H groups in total. The van der Waals surface area contributed by atoms with Crippen LogP contribution in [0.25, 0.3) is 0 Å². The second-order valence-electron chi connectivity index (χ2n) is 9.19. The summed E-state index contributed by atoms with van der Waals surface area (Å²) >= 11 is 0. The van der Waals surface area contributed by atoms with Gasteiger partial charge in [0.2, 0.25) is 0 Å². The molecule has 0 fully saturated rings. The smallest absolute Gasteiger partial charge is 0.0782 e. The predicted octanol–water partition coefficient (Wildman–Crippen LogP) is 3.07. The average Bonchev–Trinajstić information content (AvgIpc) is 2.64. The van der Waals surface area contributed by atoms with Gasteiger partial charge in [0, 0.05) is 13.2 Å². The van der Waals surface area contributed by atoms with E-state index in [1.807, 2.05) is 0 Å². The van der Waals surface area contributed by atoms with Crippen molar-refractivity contribution in [2.45, 2.75) is 116 Å². The lowest BCUT2D eigenvalue weighted by Gasteiger charge is -2.30. The fourth-order valence-electron chi connectivity index (χ4n) is 3.89. The zero-order valence-corrected chi connectivity index (χ0v) is 20.9. The van der Waals surface area contributed by atoms with E-state index < -0.39 is 0 Å². The van der Waals surface area contributed by atoms with Crippen molar-refractivity contribution in [1.82, 2.24) is 0 Å². The summed E-state index contributed by atoms with van der Waals surface area (Å²) in [6.45, 7) is 3.39. The summed E-state index contributed by atoms with van der Waals surface area (Å²) in [7, 11) is 4.81. The van der Waals surface area contributed by atoms with E-state index in [0.29, 0.717) is 13.2 Å². The van der Waals surface area contributed by atoms with Gasteiger partial charge in [0.15, 0.2) is 0 Å². The van der Waals surface area contributed by atoms with Gasteiger partial charge in [-0.25, -0.2) is 0 Å². The Balaban J connectivity index is 0. The first-order valence-corrected chi connectivity index (χ1v) is 12.2. The average molecular weight is 467 g/mol. The van der Waals surface area contributed by atoms with Gasteiger partial charge in [-0.05, 0) is 38.5 Å². The predicted molar refractivity (Wildman–Crippen MR) is 119 cm³/mol. The van der Waals surface area contributed by atoms with Crippen LogP contribution in [0.2, 0.25) is 0 Å². The van der Waals surface area contributed by atoms with E-state index >= 15 is 0 Å². The number of aliphatic hydroxyl groups is 2. The maximum absolute atomic E-state index is 8.76. The molecule has 0 aliphatic carbocycles. The van der Waals surface area contributed by atoms with Gasteiger partial charge in [-0.15, -0.1) is 0 Å². The summed E-state index contributed by atoms with van der Waals surface area (Å²) in [5.41, 5.74) is 0. The molecule has 0 radical (unpaired) electrons. The molecule has 0 aliphatic rings. The Morgan fingerprint density at radius 2 is 0.607 bits per heavy atom. The molecule has 0 heterocycles. The maximum atomic E-state index is 8.76. The van der Waals surface area contributed by atoms with Gasteiger partial charge in [0.25, 0.3) is 0 Å². The fourth-order valence-corrected chi connectivity index (χ4v) is 3.89. The van der Waals surface area contributed by atoms with Gasteiger partial charge in [-0.3, -0.25) is 0 Å². The van der Waals surface area contributed by atoms with Crippen molar-refractivity contribution in [3.8, 4) is 0 Å². The van der Waals surface area contributed by atoms with Crippen LogP contribution in [0.5, 0.6) is 0 Å². The number of hydrogen-bond donors (Lipinski definition) is 2. The number of unbranched alkanes of at least 4 members (excludes halogenated alkanes) is 16. The van der Waals surface area contributed by atoms with Crippen LogP contribution in [0.1, 0.15) is 116 Å². The molecule has 0 saturated heterocycles. The summed E-state index contributed by atoms with van der Waals surface area (Å²) in [5, 5.41) is 17.5. The molecule has 3 nitrogen and oxygen atoms in total. The Labute approximate surface area is 187 Å².